The third kappa shape index (κ3) is 5.32. The van der Waals surface area contributed by atoms with E-state index in [2.05, 4.69) is 31.9 Å². The first-order valence-corrected chi connectivity index (χ1v) is 7.42. The molecule has 2 amide bonds. The Kier molecular flexibility index (Phi) is 6.00. The Bertz CT molecular complexity index is 469. The molecule has 4 nitrogen and oxygen atoms in total. The number of hydrogen-bond donors (Lipinski definition) is 1. The van der Waals surface area contributed by atoms with Crippen LogP contribution in [-0.2, 0) is 4.79 Å². The fraction of sp³-hybridized carbons (Fsp3) is 0.385. The molecule has 0 aromatic heterocycles. The Morgan fingerprint density at radius 3 is 2.16 bits per heavy atom. The van der Waals surface area contributed by atoms with E-state index < -0.39 is 5.91 Å². The minimum Gasteiger partial charge on any atom is -0.368 e. The van der Waals surface area contributed by atoms with Crippen LogP contribution in [0.25, 0.3) is 0 Å². The van der Waals surface area contributed by atoms with Crippen LogP contribution in [0.2, 0.25) is 0 Å². The summed E-state index contributed by atoms with van der Waals surface area (Å²) in [4.78, 5) is 24.9. The first kappa shape index (κ1) is 16.2. The number of halogens is 2. The number of carbonyl (C=O) groups is 2. The van der Waals surface area contributed by atoms with Crippen LogP contribution in [0.1, 0.15) is 24.2 Å². The minimum atomic E-state index is -0.511. The average Bonchev–Trinajstić information content (AvgIpc) is 2.24. The van der Waals surface area contributed by atoms with Gasteiger partial charge >= 0.3 is 0 Å². The van der Waals surface area contributed by atoms with E-state index in [-0.39, 0.29) is 18.4 Å². The zero-order valence-electron chi connectivity index (χ0n) is 10.8. The summed E-state index contributed by atoms with van der Waals surface area (Å²) in [5.41, 5.74) is 5.71. The maximum Gasteiger partial charge on any atom is 0.254 e. The molecule has 0 unspecified atom stereocenters. The van der Waals surface area contributed by atoms with Crippen LogP contribution in [0.4, 0.5) is 0 Å². The fourth-order valence-electron chi connectivity index (χ4n) is 1.71. The monoisotopic (exact) mass is 390 g/mol. The topological polar surface area (TPSA) is 63.4 Å². The van der Waals surface area contributed by atoms with Gasteiger partial charge in [0.15, 0.2) is 0 Å². The van der Waals surface area contributed by atoms with Crippen molar-refractivity contribution in [3.8, 4) is 0 Å². The largest absolute Gasteiger partial charge is 0.368 e. The van der Waals surface area contributed by atoms with Gasteiger partial charge in [0.25, 0.3) is 5.91 Å². The molecule has 6 heteroatoms. The highest BCUT2D eigenvalue weighted by Crippen LogP contribution is 2.21. The molecule has 104 valence electrons. The Morgan fingerprint density at radius 1 is 1.21 bits per heavy atom. The Morgan fingerprint density at radius 2 is 1.74 bits per heavy atom. The molecular weight excluding hydrogens is 376 g/mol. The van der Waals surface area contributed by atoms with Crippen LogP contribution >= 0.6 is 31.9 Å². The molecule has 0 saturated heterocycles. The number of nitrogens with zero attached hydrogens (tertiary/aromatic N) is 1. The summed E-state index contributed by atoms with van der Waals surface area (Å²) >= 11 is 6.68. The quantitative estimate of drug-likeness (QED) is 0.838. The lowest BCUT2D eigenvalue weighted by molar-refractivity contribution is -0.118. The van der Waals surface area contributed by atoms with Gasteiger partial charge in [-0.05, 0) is 24.1 Å². The summed E-state index contributed by atoms with van der Waals surface area (Å²) in [6, 6.07) is 5.29. The number of amides is 2. The molecule has 0 aliphatic heterocycles. The molecule has 0 radical (unpaired) electrons. The van der Waals surface area contributed by atoms with Gasteiger partial charge < -0.3 is 10.6 Å². The third-order valence-electron chi connectivity index (χ3n) is 2.33. The van der Waals surface area contributed by atoms with E-state index in [1.54, 1.807) is 12.1 Å². The van der Waals surface area contributed by atoms with Crippen molar-refractivity contribution in [1.82, 2.24) is 4.90 Å². The summed E-state index contributed by atoms with van der Waals surface area (Å²) < 4.78 is 1.60. The molecular formula is C13H16Br2N2O2. The zero-order chi connectivity index (χ0) is 14.6. The van der Waals surface area contributed by atoms with Gasteiger partial charge in [0.1, 0.15) is 0 Å². The van der Waals surface area contributed by atoms with Crippen LogP contribution in [-0.4, -0.2) is 29.8 Å². The van der Waals surface area contributed by atoms with Crippen LogP contribution in [0.3, 0.4) is 0 Å². The summed E-state index contributed by atoms with van der Waals surface area (Å²) in [6.07, 6.45) is 0. The van der Waals surface area contributed by atoms with Crippen LogP contribution in [0.5, 0.6) is 0 Å². The van der Waals surface area contributed by atoms with Crippen molar-refractivity contribution >= 4 is 43.7 Å². The van der Waals surface area contributed by atoms with Crippen molar-refractivity contribution < 1.29 is 9.59 Å². The summed E-state index contributed by atoms with van der Waals surface area (Å²) in [6.45, 7) is 4.39. The molecule has 0 heterocycles. The van der Waals surface area contributed by atoms with E-state index in [4.69, 9.17) is 5.73 Å². The highest BCUT2D eigenvalue weighted by Gasteiger charge is 2.19. The maximum absolute atomic E-state index is 12.4. The van der Waals surface area contributed by atoms with Gasteiger partial charge in [-0.2, -0.15) is 0 Å². The summed E-state index contributed by atoms with van der Waals surface area (Å²) in [5, 5.41) is 0. The van der Waals surface area contributed by atoms with Crippen molar-refractivity contribution in [1.29, 1.82) is 0 Å². The molecule has 2 N–H and O–H groups in total. The lowest BCUT2D eigenvalue weighted by atomic mass is 10.1. The van der Waals surface area contributed by atoms with Gasteiger partial charge in [0.05, 0.1) is 6.54 Å². The van der Waals surface area contributed by atoms with Gasteiger partial charge in [0.2, 0.25) is 5.91 Å². The van der Waals surface area contributed by atoms with Crippen molar-refractivity contribution in [2.45, 2.75) is 13.8 Å². The fourth-order valence-corrected chi connectivity index (χ4v) is 3.00. The molecule has 0 fully saturated rings. The van der Waals surface area contributed by atoms with Gasteiger partial charge in [-0.1, -0.05) is 45.7 Å². The summed E-state index contributed by atoms with van der Waals surface area (Å²) in [5.74, 6) is -0.448. The van der Waals surface area contributed by atoms with Gasteiger partial charge in [-0.15, -0.1) is 0 Å². The van der Waals surface area contributed by atoms with E-state index in [0.717, 1.165) is 8.95 Å². The Balaban J connectivity index is 3.00. The number of rotatable bonds is 5. The van der Waals surface area contributed by atoms with Gasteiger partial charge in [-0.3, -0.25) is 9.59 Å². The van der Waals surface area contributed by atoms with E-state index in [9.17, 15) is 9.59 Å². The maximum atomic E-state index is 12.4. The molecule has 19 heavy (non-hydrogen) atoms. The molecule has 0 atom stereocenters. The Labute approximate surface area is 129 Å². The van der Waals surface area contributed by atoms with E-state index in [0.29, 0.717) is 12.1 Å². The first-order valence-electron chi connectivity index (χ1n) is 5.83. The van der Waals surface area contributed by atoms with Gasteiger partial charge in [0, 0.05) is 21.1 Å². The number of nitrogens with two attached hydrogens (primary N) is 1. The second kappa shape index (κ2) is 7.05. The van der Waals surface area contributed by atoms with Crippen molar-refractivity contribution in [3.63, 3.8) is 0 Å². The number of carbonyl (C=O) groups excluding carboxylic acids is 2. The molecule has 0 bridgehead atoms. The zero-order valence-corrected chi connectivity index (χ0v) is 14.0. The van der Waals surface area contributed by atoms with Crippen LogP contribution < -0.4 is 5.73 Å². The lowest BCUT2D eigenvalue weighted by Gasteiger charge is -2.23. The highest BCUT2D eigenvalue weighted by molar-refractivity contribution is 9.11. The van der Waals surface area contributed by atoms with E-state index >= 15 is 0 Å². The third-order valence-corrected chi connectivity index (χ3v) is 3.24. The predicted molar refractivity (Wildman–Crippen MR) is 81.8 cm³/mol. The molecule has 1 aromatic carbocycles. The molecule has 0 spiro atoms. The first-order chi connectivity index (χ1) is 8.79. The van der Waals surface area contributed by atoms with E-state index in [1.807, 2.05) is 19.9 Å². The number of primary amides is 1. The van der Waals surface area contributed by atoms with Crippen molar-refractivity contribution in [2.75, 3.05) is 13.1 Å². The molecule has 1 aromatic rings. The second-order valence-corrected chi connectivity index (χ2v) is 6.54. The smallest absolute Gasteiger partial charge is 0.254 e. The van der Waals surface area contributed by atoms with Crippen molar-refractivity contribution in [2.24, 2.45) is 11.7 Å². The molecule has 1 rings (SSSR count). The number of benzene rings is 1. The Hall–Kier alpha value is -0.880. The highest BCUT2D eigenvalue weighted by atomic mass is 79.9. The standard InChI is InChI=1S/C13H16Br2N2O2/c1-8(2)6-17(7-12(16)18)13(19)9-3-10(14)5-11(15)4-9/h3-5,8H,6-7H2,1-2H3,(H2,16,18). The normalized spacial score (nSPS) is 10.6. The van der Waals surface area contributed by atoms with Crippen molar-refractivity contribution in [3.05, 3.63) is 32.7 Å². The van der Waals surface area contributed by atoms with E-state index in [1.165, 1.54) is 4.90 Å². The van der Waals surface area contributed by atoms with Crippen LogP contribution in [0.15, 0.2) is 27.1 Å². The average molecular weight is 392 g/mol. The summed E-state index contributed by atoms with van der Waals surface area (Å²) in [7, 11) is 0. The lowest BCUT2D eigenvalue weighted by Crippen LogP contribution is -2.40. The second-order valence-electron chi connectivity index (χ2n) is 4.70. The molecule has 0 saturated carbocycles. The van der Waals surface area contributed by atoms with Crippen LogP contribution in [0, 0.1) is 5.92 Å². The number of hydrogen-bond acceptors (Lipinski definition) is 2. The van der Waals surface area contributed by atoms with Gasteiger partial charge in [-0.25, -0.2) is 0 Å². The SMILES string of the molecule is CC(C)CN(CC(N)=O)C(=O)c1cc(Br)cc(Br)c1. The molecule has 0 aliphatic carbocycles. The minimum absolute atomic E-state index is 0.0683. The molecule has 0 aliphatic rings. The predicted octanol–water partition coefficient (Wildman–Crippen LogP) is 2.80.